The van der Waals surface area contributed by atoms with Crippen molar-refractivity contribution in [1.29, 1.82) is 0 Å². The maximum absolute atomic E-state index is 11.2. The molecule has 6 nitrogen and oxygen atoms in total. The molecule has 1 aromatic heterocycles. The standard InChI is InChI=1S/C14H16N2O4/c1-9(17)8-20-16-13(14(18)19)6-10-7-15-12-5-3-2-4-11(10)12/h2-5,7,13,15-16H,6,8H2,1H3,(H,18,19)/t13-/m0/s1. The molecule has 3 N–H and O–H groups in total. The zero-order valence-electron chi connectivity index (χ0n) is 11.1. The second-order valence-electron chi connectivity index (χ2n) is 4.56. The van der Waals surface area contributed by atoms with Crippen LogP contribution >= 0.6 is 0 Å². The van der Waals surface area contributed by atoms with E-state index in [0.717, 1.165) is 16.5 Å². The Bertz CT molecular complexity index is 620. The minimum absolute atomic E-state index is 0.155. The van der Waals surface area contributed by atoms with Crippen LogP contribution in [0.25, 0.3) is 10.9 Å². The molecule has 2 aromatic rings. The van der Waals surface area contributed by atoms with E-state index in [1.807, 2.05) is 24.3 Å². The summed E-state index contributed by atoms with van der Waals surface area (Å²) < 4.78 is 0. The van der Waals surface area contributed by atoms with Crippen molar-refractivity contribution in [3.63, 3.8) is 0 Å². The maximum atomic E-state index is 11.2. The number of aliphatic carboxylic acids is 1. The lowest BCUT2D eigenvalue weighted by molar-refractivity contribution is -0.145. The Morgan fingerprint density at radius 3 is 2.85 bits per heavy atom. The van der Waals surface area contributed by atoms with Crippen molar-refractivity contribution in [3.8, 4) is 0 Å². The fourth-order valence-corrected chi connectivity index (χ4v) is 1.94. The Labute approximate surface area is 115 Å². The van der Waals surface area contributed by atoms with Crippen LogP contribution in [0.3, 0.4) is 0 Å². The predicted molar refractivity (Wildman–Crippen MR) is 73.2 cm³/mol. The van der Waals surface area contributed by atoms with E-state index in [1.54, 1.807) is 6.20 Å². The number of fused-ring (bicyclic) bond motifs is 1. The third-order valence-corrected chi connectivity index (χ3v) is 2.90. The molecule has 0 saturated carbocycles. The van der Waals surface area contributed by atoms with E-state index in [0.29, 0.717) is 0 Å². The molecular formula is C14H16N2O4. The van der Waals surface area contributed by atoms with Crippen LogP contribution in [0.4, 0.5) is 0 Å². The molecule has 0 aliphatic carbocycles. The summed E-state index contributed by atoms with van der Waals surface area (Å²) in [7, 11) is 0. The number of aromatic amines is 1. The molecule has 1 atom stereocenters. The van der Waals surface area contributed by atoms with Gasteiger partial charge in [-0.3, -0.25) is 14.4 Å². The van der Waals surface area contributed by atoms with E-state index in [2.05, 4.69) is 10.5 Å². The van der Waals surface area contributed by atoms with Crippen LogP contribution < -0.4 is 5.48 Å². The van der Waals surface area contributed by atoms with Crippen molar-refractivity contribution in [2.24, 2.45) is 0 Å². The highest BCUT2D eigenvalue weighted by Gasteiger charge is 2.19. The topological polar surface area (TPSA) is 91.4 Å². The van der Waals surface area contributed by atoms with Gasteiger partial charge in [0.05, 0.1) is 0 Å². The number of carboxylic acids is 1. The fraction of sp³-hybridized carbons (Fsp3) is 0.286. The van der Waals surface area contributed by atoms with Crippen molar-refractivity contribution < 1.29 is 19.5 Å². The number of H-pyrrole nitrogens is 1. The number of Topliss-reactive ketones (excluding diaryl/α,β-unsaturated/α-hetero) is 1. The molecule has 0 saturated heterocycles. The van der Waals surface area contributed by atoms with Crippen LogP contribution in [0.2, 0.25) is 0 Å². The summed E-state index contributed by atoms with van der Waals surface area (Å²) >= 11 is 0. The van der Waals surface area contributed by atoms with Crippen LogP contribution in [0, 0.1) is 0 Å². The molecule has 20 heavy (non-hydrogen) atoms. The Morgan fingerprint density at radius 2 is 2.15 bits per heavy atom. The highest BCUT2D eigenvalue weighted by molar-refractivity contribution is 5.84. The molecule has 0 aliphatic heterocycles. The van der Waals surface area contributed by atoms with E-state index in [4.69, 9.17) is 4.84 Å². The number of carbonyl (C=O) groups is 2. The van der Waals surface area contributed by atoms with Crippen molar-refractivity contribution in [2.45, 2.75) is 19.4 Å². The number of hydrogen-bond acceptors (Lipinski definition) is 4. The van der Waals surface area contributed by atoms with Crippen molar-refractivity contribution >= 4 is 22.7 Å². The molecule has 0 unspecified atom stereocenters. The number of carbonyl (C=O) groups excluding carboxylic acids is 1. The zero-order valence-corrected chi connectivity index (χ0v) is 11.1. The van der Waals surface area contributed by atoms with Gasteiger partial charge in [-0.1, -0.05) is 18.2 Å². The number of carboxylic acid groups (broad SMARTS) is 1. The van der Waals surface area contributed by atoms with Gasteiger partial charge >= 0.3 is 5.97 Å². The fourth-order valence-electron chi connectivity index (χ4n) is 1.94. The van der Waals surface area contributed by atoms with E-state index in [-0.39, 0.29) is 18.8 Å². The second kappa shape index (κ2) is 6.31. The average molecular weight is 276 g/mol. The molecule has 2 rings (SSSR count). The van der Waals surface area contributed by atoms with Crippen molar-refractivity contribution in [1.82, 2.24) is 10.5 Å². The normalized spacial score (nSPS) is 12.4. The van der Waals surface area contributed by atoms with Gasteiger partial charge < -0.3 is 10.1 Å². The van der Waals surface area contributed by atoms with E-state index >= 15 is 0 Å². The minimum atomic E-state index is -1.03. The number of nitrogens with one attached hydrogen (secondary N) is 2. The zero-order chi connectivity index (χ0) is 14.5. The first-order chi connectivity index (χ1) is 9.58. The van der Waals surface area contributed by atoms with Gasteiger partial charge in [0.15, 0.2) is 5.78 Å². The van der Waals surface area contributed by atoms with Crippen LogP contribution in [0.1, 0.15) is 12.5 Å². The van der Waals surface area contributed by atoms with E-state index in [1.165, 1.54) is 6.92 Å². The monoisotopic (exact) mass is 276 g/mol. The van der Waals surface area contributed by atoms with E-state index in [9.17, 15) is 14.7 Å². The van der Waals surface area contributed by atoms with Gasteiger partial charge in [-0.05, 0) is 18.6 Å². The molecule has 6 heteroatoms. The smallest absolute Gasteiger partial charge is 0.323 e. The molecule has 0 amide bonds. The lowest BCUT2D eigenvalue weighted by atomic mass is 10.1. The Balaban J connectivity index is 2.07. The lowest BCUT2D eigenvalue weighted by Crippen LogP contribution is -2.39. The van der Waals surface area contributed by atoms with Gasteiger partial charge in [-0.2, -0.15) is 5.48 Å². The number of hydrogen-bond donors (Lipinski definition) is 3. The second-order valence-corrected chi connectivity index (χ2v) is 4.56. The van der Waals surface area contributed by atoms with Crippen molar-refractivity contribution in [3.05, 3.63) is 36.0 Å². The number of aromatic nitrogens is 1. The van der Waals surface area contributed by atoms with Gasteiger partial charge in [0.25, 0.3) is 0 Å². The molecule has 1 aromatic carbocycles. The molecule has 0 bridgehead atoms. The largest absolute Gasteiger partial charge is 0.480 e. The average Bonchev–Trinajstić information content (AvgIpc) is 2.80. The highest BCUT2D eigenvalue weighted by atomic mass is 16.6. The molecule has 0 fully saturated rings. The summed E-state index contributed by atoms with van der Waals surface area (Å²) in [5, 5.41) is 10.2. The Kier molecular flexibility index (Phi) is 4.49. The summed E-state index contributed by atoms with van der Waals surface area (Å²) in [6.07, 6.45) is 2.05. The number of benzene rings is 1. The quantitative estimate of drug-likeness (QED) is 0.662. The number of hydroxylamine groups is 1. The first kappa shape index (κ1) is 14.2. The number of ketones is 1. The summed E-state index contributed by atoms with van der Waals surface area (Å²) in [5.74, 6) is -1.20. The summed E-state index contributed by atoms with van der Waals surface area (Å²) in [6, 6.07) is 6.75. The summed E-state index contributed by atoms with van der Waals surface area (Å²) in [4.78, 5) is 29.9. The van der Waals surface area contributed by atoms with Crippen LogP contribution in [-0.4, -0.2) is 34.5 Å². The van der Waals surface area contributed by atoms with Crippen LogP contribution in [-0.2, 0) is 20.8 Å². The Hall–Kier alpha value is -2.18. The predicted octanol–water partition coefficient (Wildman–Crippen LogP) is 1.27. The molecule has 1 heterocycles. The minimum Gasteiger partial charge on any atom is -0.480 e. The van der Waals surface area contributed by atoms with Gasteiger partial charge in [0.1, 0.15) is 12.6 Å². The molecule has 0 radical (unpaired) electrons. The molecule has 0 aliphatic rings. The SMILES string of the molecule is CC(=O)CON[C@@H](Cc1c[nH]c2ccccc12)C(=O)O. The van der Waals surface area contributed by atoms with Crippen LogP contribution in [0.15, 0.2) is 30.5 Å². The van der Waals surface area contributed by atoms with Gasteiger partial charge in [-0.25, -0.2) is 0 Å². The van der Waals surface area contributed by atoms with Gasteiger partial charge in [-0.15, -0.1) is 0 Å². The number of rotatable bonds is 7. The summed E-state index contributed by atoms with van der Waals surface area (Å²) in [6.45, 7) is 1.22. The maximum Gasteiger partial charge on any atom is 0.323 e. The lowest BCUT2D eigenvalue weighted by Gasteiger charge is -2.13. The molecule has 0 spiro atoms. The molecule has 106 valence electrons. The Morgan fingerprint density at radius 1 is 1.40 bits per heavy atom. The van der Waals surface area contributed by atoms with Crippen LogP contribution in [0.5, 0.6) is 0 Å². The van der Waals surface area contributed by atoms with Gasteiger partial charge in [0.2, 0.25) is 0 Å². The first-order valence-corrected chi connectivity index (χ1v) is 6.22. The third-order valence-electron chi connectivity index (χ3n) is 2.90. The highest BCUT2D eigenvalue weighted by Crippen LogP contribution is 2.19. The number of para-hydroxylation sites is 1. The molecular weight excluding hydrogens is 260 g/mol. The van der Waals surface area contributed by atoms with Crippen molar-refractivity contribution in [2.75, 3.05) is 6.61 Å². The first-order valence-electron chi connectivity index (χ1n) is 6.22. The third kappa shape index (κ3) is 3.43. The summed E-state index contributed by atoms with van der Waals surface area (Å²) in [5.41, 5.74) is 4.26. The van der Waals surface area contributed by atoms with E-state index < -0.39 is 12.0 Å². The van der Waals surface area contributed by atoms with Gasteiger partial charge in [0, 0.05) is 23.5 Å².